The van der Waals surface area contributed by atoms with E-state index in [0.717, 1.165) is 11.3 Å². The molecule has 2 heteroatoms. The van der Waals surface area contributed by atoms with Crippen LogP contribution in [-0.4, -0.2) is 10.8 Å². The van der Waals surface area contributed by atoms with Gasteiger partial charge in [-0.25, -0.2) is 0 Å². The van der Waals surface area contributed by atoms with Crippen LogP contribution in [0, 0.1) is 6.92 Å². The van der Waals surface area contributed by atoms with Crippen LogP contribution in [0.25, 0.3) is 0 Å². The maximum absolute atomic E-state index is 11.6. The molecule has 0 saturated carbocycles. The number of Topliss-reactive ketones (excluding diaryl/α,β-unsaturated/α-hetero) is 1. The van der Waals surface area contributed by atoms with Gasteiger partial charge >= 0.3 is 0 Å². The molecular weight excluding hydrogens is 162 g/mol. The van der Waals surface area contributed by atoms with Gasteiger partial charge in [0.25, 0.3) is 0 Å². The average Bonchev–Trinajstić information content (AvgIpc) is 2.02. The third-order valence-corrected chi connectivity index (χ3v) is 1.99. The van der Waals surface area contributed by atoms with Crippen LogP contribution in [0.4, 0.5) is 0 Å². The fraction of sp³-hybridized carbons (Fsp3) is 0.0909. The van der Waals surface area contributed by atoms with Gasteiger partial charge in [-0.1, -0.05) is 18.2 Å². The lowest BCUT2D eigenvalue weighted by molar-refractivity contribution is 0.103. The van der Waals surface area contributed by atoms with E-state index < -0.39 is 0 Å². The Balaban J connectivity index is 2.25. The molecule has 1 aromatic heterocycles. The van der Waals surface area contributed by atoms with Crippen LogP contribution in [0.3, 0.4) is 0 Å². The number of pyridine rings is 1. The molecule has 1 aromatic rings. The molecule has 0 aromatic carbocycles. The summed E-state index contributed by atoms with van der Waals surface area (Å²) in [5.41, 5.74) is 2.33. The predicted octanol–water partition coefficient (Wildman–Crippen LogP) is 2.07. The maximum Gasteiger partial charge on any atom is 0.194 e. The van der Waals surface area contributed by atoms with E-state index in [0.29, 0.717) is 5.56 Å². The summed E-state index contributed by atoms with van der Waals surface area (Å²) in [5, 5.41) is 0. The second-order valence-corrected chi connectivity index (χ2v) is 3.00. The van der Waals surface area contributed by atoms with Gasteiger partial charge in [-0.3, -0.25) is 9.78 Å². The highest BCUT2D eigenvalue weighted by atomic mass is 16.1. The molecule has 0 fully saturated rings. The Morgan fingerprint density at radius 1 is 1.38 bits per heavy atom. The van der Waals surface area contributed by atoms with Gasteiger partial charge in [0.05, 0.1) is 0 Å². The molecule has 0 spiro atoms. The molecule has 2 rings (SSSR count). The monoisotopic (exact) mass is 171 g/mol. The zero-order valence-electron chi connectivity index (χ0n) is 7.32. The van der Waals surface area contributed by atoms with Crippen molar-refractivity contribution < 1.29 is 4.79 Å². The Kier molecular flexibility index (Phi) is 1.81. The van der Waals surface area contributed by atoms with Crippen LogP contribution in [0.5, 0.6) is 0 Å². The Labute approximate surface area is 76.6 Å². The second-order valence-electron chi connectivity index (χ2n) is 3.00. The Morgan fingerprint density at radius 2 is 2.15 bits per heavy atom. The Morgan fingerprint density at radius 3 is 2.62 bits per heavy atom. The van der Waals surface area contributed by atoms with Crippen molar-refractivity contribution in [3.8, 4) is 0 Å². The van der Waals surface area contributed by atoms with Crippen LogP contribution >= 0.6 is 0 Å². The molecule has 0 amide bonds. The van der Waals surface area contributed by atoms with E-state index in [4.69, 9.17) is 0 Å². The van der Waals surface area contributed by atoms with Crippen molar-refractivity contribution in [2.24, 2.45) is 0 Å². The van der Waals surface area contributed by atoms with Crippen molar-refractivity contribution in [1.29, 1.82) is 0 Å². The highest BCUT2D eigenvalue weighted by Crippen LogP contribution is 2.14. The minimum atomic E-state index is 0.0509. The number of aromatic nitrogens is 1. The molecule has 1 heterocycles. The summed E-state index contributed by atoms with van der Waals surface area (Å²) in [6.07, 6.45) is 7.09. The summed E-state index contributed by atoms with van der Waals surface area (Å²) in [5.74, 6) is 0.0509. The second kappa shape index (κ2) is 2.98. The number of carbonyl (C=O) groups is 1. The highest BCUT2D eigenvalue weighted by molar-refractivity contribution is 6.11. The van der Waals surface area contributed by atoms with Crippen molar-refractivity contribution in [3.63, 3.8) is 0 Å². The molecule has 13 heavy (non-hydrogen) atoms. The van der Waals surface area contributed by atoms with Crippen molar-refractivity contribution in [2.45, 2.75) is 6.92 Å². The quantitative estimate of drug-likeness (QED) is 0.637. The molecule has 0 N–H and O–H groups in total. The molecule has 0 atom stereocenters. The predicted molar refractivity (Wildman–Crippen MR) is 50.5 cm³/mol. The molecule has 64 valence electrons. The van der Waals surface area contributed by atoms with Crippen LogP contribution < -0.4 is 0 Å². The maximum atomic E-state index is 11.6. The molecule has 0 bridgehead atoms. The topological polar surface area (TPSA) is 30.0 Å². The first-order valence-electron chi connectivity index (χ1n) is 4.13. The largest absolute Gasteiger partial charge is 0.289 e. The van der Waals surface area contributed by atoms with Crippen molar-refractivity contribution in [1.82, 2.24) is 4.98 Å². The summed E-state index contributed by atoms with van der Waals surface area (Å²) in [6, 6.07) is 3.65. The Hall–Kier alpha value is -1.70. The zero-order chi connectivity index (χ0) is 9.26. The van der Waals surface area contributed by atoms with E-state index in [2.05, 4.69) is 4.98 Å². The number of hydrogen-bond acceptors (Lipinski definition) is 2. The number of nitrogens with zero attached hydrogens (tertiary/aromatic N) is 1. The Bertz CT molecular complexity index is 399. The number of hydrogen-bond donors (Lipinski definition) is 0. The van der Waals surface area contributed by atoms with Gasteiger partial charge in [-0.15, -0.1) is 0 Å². The first-order chi connectivity index (χ1) is 6.27. The number of allylic oxidation sites excluding steroid dienone is 4. The van der Waals surface area contributed by atoms with Crippen LogP contribution in [0.1, 0.15) is 16.1 Å². The molecule has 0 unspecified atom stereocenters. The lowest BCUT2D eigenvalue weighted by Gasteiger charge is -2.05. The minimum absolute atomic E-state index is 0.0509. The van der Waals surface area contributed by atoms with E-state index in [1.165, 1.54) is 0 Å². The smallest absolute Gasteiger partial charge is 0.194 e. The summed E-state index contributed by atoms with van der Waals surface area (Å²) in [6.45, 7) is 1.90. The van der Waals surface area contributed by atoms with E-state index >= 15 is 0 Å². The summed E-state index contributed by atoms with van der Waals surface area (Å²) >= 11 is 0. The summed E-state index contributed by atoms with van der Waals surface area (Å²) in [7, 11) is 0. The van der Waals surface area contributed by atoms with Gasteiger partial charge in [0, 0.05) is 23.0 Å². The van der Waals surface area contributed by atoms with Gasteiger partial charge in [0.15, 0.2) is 5.78 Å². The number of rotatable bonds is 2. The van der Waals surface area contributed by atoms with Crippen molar-refractivity contribution in [3.05, 3.63) is 53.4 Å². The summed E-state index contributed by atoms with van der Waals surface area (Å²) in [4.78, 5) is 15.6. The highest BCUT2D eigenvalue weighted by Gasteiger charge is 2.11. The van der Waals surface area contributed by atoms with E-state index in [-0.39, 0.29) is 5.78 Å². The normalized spacial score (nSPS) is 13.5. The molecule has 0 aliphatic heterocycles. The lowest BCUT2D eigenvalue weighted by atomic mass is 9.99. The van der Waals surface area contributed by atoms with Crippen molar-refractivity contribution in [2.75, 3.05) is 0 Å². The SMILES string of the molecule is Cc1ccc(C(=O)C2=CC=C2)cn1. The molecule has 1 aliphatic carbocycles. The molecule has 2 nitrogen and oxygen atoms in total. The van der Waals surface area contributed by atoms with Crippen LogP contribution in [-0.2, 0) is 0 Å². The number of ketones is 1. The fourth-order valence-electron chi connectivity index (χ4n) is 1.11. The van der Waals surface area contributed by atoms with Crippen molar-refractivity contribution >= 4 is 5.78 Å². The van der Waals surface area contributed by atoms with Gasteiger partial charge in [0.1, 0.15) is 0 Å². The van der Waals surface area contributed by atoms with Gasteiger partial charge in [0.2, 0.25) is 0 Å². The standard InChI is InChI=1S/C11H9NO/c1-8-5-6-10(7-12-8)11(13)9-3-2-4-9/h2-7H,1H3. The number of carbonyl (C=O) groups excluding carboxylic acids is 1. The van der Waals surface area contributed by atoms with E-state index in [9.17, 15) is 4.79 Å². The third kappa shape index (κ3) is 1.43. The molecule has 0 radical (unpaired) electrons. The zero-order valence-corrected chi connectivity index (χ0v) is 7.32. The number of aryl methyl sites for hydroxylation is 1. The minimum Gasteiger partial charge on any atom is -0.289 e. The lowest BCUT2D eigenvalue weighted by Crippen LogP contribution is -2.04. The van der Waals surface area contributed by atoms with Crippen LogP contribution in [0.15, 0.2) is 42.1 Å². The average molecular weight is 171 g/mol. The first kappa shape index (κ1) is 7.92. The summed E-state index contributed by atoms with van der Waals surface area (Å²) < 4.78 is 0. The molecular formula is C11H9NO. The third-order valence-electron chi connectivity index (χ3n) is 1.99. The fourth-order valence-corrected chi connectivity index (χ4v) is 1.11. The van der Waals surface area contributed by atoms with E-state index in [1.54, 1.807) is 12.3 Å². The van der Waals surface area contributed by atoms with Gasteiger partial charge in [-0.2, -0.15) is 0 Å². The molecule has 0 saturated heterocycles. The molecule has 1 aliphatic rings. The van der Waals surface area contributed by atoms with Gasteiger partial charge < -0.3 is 0 Å². The van der Waals surface area contributed by atoms with E-state index in [1.807, 2.05) is 31.2 Å². The first-order valence-corrected chi connectivity index (χ1v) is 4.13. The van der Waals surface area contributed by atoms with Gasteiger partial charge in [-0.05, 0) is 19.1 Å². The van der Waals surface area contributed by atoms with Crippen LogP contribution in [0.2, 0.25) is 0 Å².